The van der Waals surface area contributed by atoms with Gasteiger partial charge in [0, 0.05) is 18.8 Å². The van der Waals surface area contributed by atoms with Crippen LogP contribution in [0.4, 0.5) is 5.82 Å². The van der Waals surface area contributed by atoms with Gasteiger partial charge >= 0.3 is 5.97 Å². The summed E-state index contributed by atoms with van der Waals surface area (Å²) in [4.78, 5) is 15.0. The number of aromatic nitrogens is 3. The summed E-state index contributed by atoms with van der Waals surface area (Å²) in [5.41, 5.74) is 0.704. The van der Waals surface area contributed by atoms with E-state index in [-0.39, 0.29) is 6.42 Å². The summed E-state index contributed by atoms with van der Waals surface area (Å²) in [5, 5.41) is 15.8. The van der Waals surface area contributed by atoms with Crippen LogP contribution in [0.5, 0.6) is 0 Å². The SMILES string of the molecule is C#CCC(Nc1nccn2nccc12)C(=O)O. The molecule has 2 aromatic heterocycles. The molecule has 0 bridgehead atoms. The van der Waals surface area contributed by atoms with E-state index in [1.54, 1.807) is 23.0 Å². The summed E-state index contributed by atoms with van der Waals surface area (Å²) in [6.07, 6.45) is 10.0. The molecule has 0 aliphatic carbocycles. The Morgan fingerprint density at radius 1 is 1.65 bits per heavy atom. The molecule has 0 saturated heterocycles. The average Bonchev–Trinajstić information content (AvgIpc) is 2.77. The minimum atomic E-state index is -1.01. The highest BCUT2D eigenvalue weighted by molar-refractivity contribution is 5.80. The molecule has 6 heteroatoms. The molecule has 0 spiro atoms. The number of aliphatic carboxylic acids is 1. The van der Waals surface area contributed by atoms with Gasteiger partial charge in [-0.15, -0.1) is 12.3 Å². The Hall–Kier alpha value is -2.55. The van der Waals surface area contributed by atoms with Crippen LogP contribution in [0.25, 0.3) is 5.52 Å². The van der Waals surface area contributed by atoms with Crippen LogP contribution >= 0.6 is 0 Å². The van der Waals surface area contributed by atoms with Crippen molar-refractivity contribution in [2.75, 3.05) is 5.32 Å². The first-order valence-corrected chi connectivity index (χ1v) is 4.93. The van der Waals surface area contributed by atoms with Gasteiger partial charge in [0.05, 0.1) is 6.20 Å². The molecule has 0 aliphatic rings. The van der Waals surface area contributed by atoms with Gasteiger partial charge in [0.25, 0.3) is 0 Å². The van der Waals surface area contributed by atoms with Crippen LogP contribution in [0.15, 0.2) is 24.7 Å². The number of terminal acetylenes is 1. The van der Waals surface area contributed by atoms with Crippen molar-refractivity contribution in [1.29, 1.82) is 0 Å². The molecule has 2 rings (SSSR count). The van der Waals surface area contributed by atoms with Gasteiger partial charge in [0.2, 0.25) is 0 Å². The van der Waals surface area contributed by atoms with Crippen LogP contribution < -0.4 is 5.32 Å². The summed E-state index contributed by atoms with van der Waals surface area (Å²) in [6, 6.07) is 0.887. The van der Waals surface area contributed by atoms with Gasteiger partial charge in [-0.05, 0) is 6.07 Å². The highest BCUT2D eigenvalue weighted by atomic mass is 16.4. The lowest BCUT2D eigenvalue weighted by atomic mass is 10.2. The Morgan fingerprint density at radius 2 is 2.47 bits per heavy atom. The number of carbonyl (C=O) groups is 1. The summed E-state index contributed by atoms with van der Waals surface area (Å²) < 4.78 is 1.60. The first kappa shape index (κ1) is 11.0. The van der Waals surface area contributed by atoms with E-state index in [0.717, 1.165) is 0 Å². The Morgan fingerprint density at radius 3 is 3.18 bits per heavy atom. The normalized spacial score (nSPS) is 11.9. The lowest BCUT2D eigenvalue weighted by Gasteiger charge is -2.12. The van der Waals surface area contributed by atoms with Gasteiger partial charge in [0.1, 0.15) is 11.6 Å². The summed E-state index contributed by atoms with van der Waals surface area (Å²) >= 11 is 0. The van der Waals surface area contributed by atoms with Crippen molar-refractivity contribution in [3.8, 4) is 12.3 Å². The fraction of sp³-hybridized carbons (Fsp3) is 0.182. The third-order valence-electron chi connectivity index (χ3n) is 2.26. The van der Waals surface area contributed by atoms with Gasteiger partial charge in [-0.3, -0.25) is 0 Å². The van der Waals surface area contributed by atoms with Crippen molar-refractivity contribution in [2.45, 2.75) is 12.5 Å². The van der Waals surface area contributed by atoms with E-state index in [0.29, 0.717) is 11.3 Å². The predicted molar refractivity (Wildman–Crippen MR) is 61.5 cm³/mol. The molecule has 6 nitrogen and oxygen atoms in total. The van der Waals surface area contributed by atoms with Crippen molar-refractivity contribution >= 4 is 17.3 Å². The van der Waals surface area contributed by atoms with Crippen LogP contribution in [0.1, 0.15) is 6.42 Å². The standard InChI is InChI=1S/C11H10N4O2/c1-2-3-8(11(16)17)14-10-9-4-5-13-15(9)7-6-12-10/h1,4-8H,3H2,(H,12,14)(H,16,17). The summed E-state index contributed by atoms with van der Waals surface area (Å²) in [6.45, 7) is 0. The molecule has 2 aromatic rings. The molecule has 0 aromatic carbocycles. The molecule has 0 fully saturated rings. The Labute approximate surface area is 97.3 Å². The van der Waals surface area contributed by atoms with E-state index in [1.807, 2.05) is 0 Å². The van der Waals surface area contributed by atoms with Crippen LogP contribution in [-0.2, 0) is 4.79 Å². The third kappa shape index (κ3) is 2.18. The van der Waals surface area contributed by atoms with Gasteiger partial charge in [-0.25, -0.2) is 14.3 Å². The number of carboxylic acids is 1. The molecule has 2 heterocycles. The van der Waals surface area contributed by atoms with Crippen LogP contribution in [0.3, 0.4) is 0 Å². The van der Waals surface area contributed by atoms with E-state index in [2.05, 4.69) is 21.3 Å². The van der Waals surface area contributed by atoms with Crippen molar-refractivity contribution in [3.05, 3.63) is 24.7 Å². The van der Waals surface area contributed by atoms with E-state index in [1.165, 1.54) is 6.20 Å². The number of hydrogen-bond donors (Lipinski definition) is 2. The average molecular weight is 230 g/mol. The van der Waals surface area contributed by atoms with Crippen LogP contribution in [-0.4, -0.2) is 31.7 Å². The van der Waals surface area contributed by atoms with E-state index < -0.39 is 12.0 Å². The van der Waals surface area contributed by atoms with Gasteiger partial charge in [-0.2, -0.15) is 5.10 Å². The monoisotopic (exact) mass is 230 g/mol. The van der Waals surface area contributed by atoms with Gasteiger partial charge in [-0.1, -0.05) is 0 Å². The maximum Gasteiger partial charge on any atom is 0.327 e. The molecule has 1 unspecified atom stereocenters. The molecule has 17 heavy (non-hydrogen) atoms. The van der Waals surface area contributed by atoms with Crippen molar-refractivity contribution in [1.82, 2.24) is 14.6 Å². The smallest absolute Gasteiger partial charge is 0.327 e. The highest BCUT2D eigenvalue weighted by Crippen LogP contribution is 2.14. The number of carboxylic acid groups (broad SMARTS) is 1. The minimum absolute atomic E-state index is 0.0895. The maximum absolute atomic E-state index is 11.0. The van der Waals surface area contributed by atoms with Crippen molar-refractivity contribution in [3.63, 3.8) is 0 Å². The highest BCUT2D eigenvalue weighted by Gasteiger charge is 2.17. The fourth-order valence-electron chi connectivity index (χ4n) is 1.45. The molecular formula is C11H10N4O2. The lowest BCUT2D eigenvalue weighted by molar-refractivity contribution is -0.137. The lowest BCUT2D eigenvalue weighted by Crippen LogP contribution is -2.29. The quantitative estimate of drug-likeness (QED) is 0.752. The van der Waals surface area contributed by atoms with Crippen LogP contribution in [0, 0.1) is 12.3 Å². The molecule has 0 saturated carbocycles. The zero-order valence-corrected chi connectivity index (χ0v) is 8.87. The van der Waals surface area contributed by atoms with E-state index >= 15 is 0 Å². The number of rotatable bonds is 4. The first-order valence-electron chi connectivity index (χ1n) is 4.93. The van der Waals surface area contributed by atoms with Gasteiger partial charge < -0.3 is 10.4 Å². The van der Waals surface area contributed by atoms with E-state index in [9.17, 15) is 4.79 Å². The molecule has 0 aliphatic heterocycles. The zero-order valence-electron chi connectivity index (χ0n) is 8.87. The molecule has 0 amide bonds. The fourth-order valence-corrected chi connectivity index (χ4v) is 1.45. The Kier molecular flexibility index (Phi) is 2.92. The maximum atomic E-state index is 11.0. The third-order valence-corrected chi connectivity index (χ3v) is 2.26. The van der Waals surface area contributed by atoms with Crippen molar-refractivity contribution in [2.24, 2.45) is 0 Å². The molecular weight excluding hydrogens is 220 g/mol. The van der Waals surface area contributed by atoms with Crippen molar-refractivity contribution < 1.29 is 9.90 Å². The number of fused-ring (bicyclic) bond motifs is 1. The second kappa shape index (κ2) is 4.53. The topological polar surface area (TPSA) is 79.5 Å². The number of nitrogens with zero attached hydrogens (tertiary/aromatic N) is 3. The zero-order chi connectivity index (χ0) is 12.3. The van der Waals surface area contributed by atoms with Crippen LogP contribution in [0.2, 0.25) is 0 Å². The first-order chi connectivity index (χ1) is 8.22. The number of nitrogens with one attached hydrogen (secondary N) is 1. The molecule has 2 N–H and O–H groups in total. The Balaban J connectivity index is 2.31. The second-order valence-corrected chi connectivity index (χ2v) is 3.38. The molecule has 86 valence electrons. The molecule has 1 atom stereocenters. The summed E-state index contributed by atoms with van der Waals surface area (Å²) in [5.74, 6) is 1.76. The Bertz CT molecular complexity index is 584. The molecule has 0 radical (unpaired) electrons. The van der Waals surface area contributed by atoms with Gasteiger partial charge in [0.15, 0.2) is 5.82 Å². The largest absolute Gasteiger partial charge is 0.480 e. The minimum Gasteiger partial charge on any atom is -0.480 e. The number of hydrogen-bond acceptors (Lipinski definition) is 4. The second-order valence-electron chi connectivity index (χ2n) is 3.38. The summed E-state index contributed by atoms with van der Waals surface area (Å²) in [7, 11) is 0. The number of anilines is 1. The van der Waals surface area contributed by atoms with E-state index in [4.69, 9.17) is 11.5 Å². The predicted octanol–water partition coefficient (Wildman–Crippen LogP) is 0.618.